The number of rotatable bonds is 13. The van der Waals surface area contributed by atoms with Gasteiger partial charge in [-0.3, -0.25) is 14.9 Å². The highest BCUT2D eigenvalue weighted by molar-refractivity contribution is 7.13. The molecule has 0 atom stereocenters. The monoisotopic (exact) mass is 625 g/mol. The van der Waals surface area contributed by atoms with Gasteiger partial charge in [0.1, 0.15) is 0 Å². The van der Waals surface area contributed by atoms with Crippen LogP contribution in [0.25, 0.3) is 27.6 Å². The van der Waals surface area contributed by atoms with Gasteiger partial charge in [0.15, 0.2) is 11.0 Å². The fourth-order valence-electron chi connectivity index (χ4n) is 6.39. The molecule has 0 saturated carbocycles. The molecule has 1 N–H and O–H groups in total. The Labute approximate surface area is 268 Å². The van der Waals surface area contributed by atoms with Crippen molar-refractivity contribution in [3.05, 3.63) is 105 Å². The van der Waals surface area contributed by atoms with Crippen LogP contribution in [0.4, 0.5) is 11.4 Å². The summed E-state index contributed by atoms with van der Waals surface area (Å²) in [6.45, 7) is 10.9. The molecule has 234 valence electrons. The molecule has 0 bridgehead atoms. The average molecular weight is 626 g/mol. The Kier molecular flexibility index (Phi) is 9.68. The van der Waals surface area contributed by atoms with Crippen molar-refractivity contribution in [3.63, 3.8) is 0 Å². The number of nitrogens with zero attached hydrogens (tertiary/aromatic N) is 4. The Morgan fingerprint density at radius 3 is 2.58 bits per heavy atom. The number of fused-ring (bicyclic) bond motifs is 2. The van der Waals surface area contributed by atoms with Gasteiger partial charge in [-0.05, 0) is 73.5 Å². The van der Waals surface area contributed by atoms with Crippen molar-refractivity contribution in [2.24, 2.45) is 0 Å². The van der Waals surface area contributed by atoms with E-state index in [0.717, 1.165) is 42.8 Å². The lowest BCUT2D eigenvalue weighted by Crippen LogP contribution is -2.35. The molecule has 0 unspecified atom stereocenters. The molecule has 45 heavy (non-hydrogen) atoms. The molecule has 0 amide bonds. The highest BCUT2D eigenvalue weighted by Gasteiger charge is 2.39. The number of non-ortho nitro benzene ring substituents is 1. The third-order valence-corrected chi connectivity index (χ3v) is 9.55. The summed E-state index contributed by atoms with van der Waals surface area (Å²) < 4.78 is 4.29. The minimum absolute atomic E-state index is 0.0918. The maximum Gasteiger partial charge on any atom is 0.303 e. The van der Waals surface area contributed by atoms with E-state index in [1.807, 2.05) is 18.2 Å². The second kappa shape index (κ2) is 13.6. The Hall–Kier alpha value is -4.50. The number of nitro groups is 1. The maximum atomic E-state index is 11.4. The molecule has 0 spiro atoms. The number of carbonyl (C=O) groups is 1. The van der Waals surface area contributed by atoms with Gasteiger partial charge < -0.3 is 10.0 Å². The van der Waals surface area contributed by atoms with Gasteiger partial charge in [0.25, 0.3) is 11.5 Å². The molecule has 1 aliphatic heterocycles. The SMILES string of the molecule is CCn1c(/C=C/C=C/C=C2/N(CCCCCC(=O)O)c3ccc(-c4cccs4)cc3C2(C)C)[n+](CC)c2ccc([N+](=O)[O-])cc21. The smallest absolute Gasteiger partial charge is 0.303 e. The van der Waals surface area contributed by atoms with Crippen molar-refractivity contribution >= 4 is 45.8 Å². The van der Waals surface area contributed by atoms with Crippen LogP contribution in [-0.4, -0.2) is 27.1 Å². The third-order valence-electron chi connectivity index (χ3n) is 8.63. The maximum absolute atomic E-state index is 11.4. The van der Waals surface area contributed by atoms with Crippen molar-refractivity contribution in [1.82, 2.24) is 4.57 Å². The zero-order valence-corrected chi connectivity index (χ0v) is 27.2. The predicted octanol–water partition coefficient (Wildman–Crippen LogP) is 8.50. The van der Waals surface area contributed by atoms with Gasteiger partial charge in [-0.15, -0.1) is 11.3 Å². The number of thiophene rings is 1. The molecule has 0 radical (unpaired) electrons. The van der Waals surface area contributed by atoms with E-state index in [-0.39, 0.29) is 22.4 Å². The molecule has 0 saturated heterocycles. The van der Waals surface area contributed by atoms with Crippen LogP contribution < -0.4 is 9.47 Å². The van der Waals surface area contributed by atoms with E-state index in [1.165, 1.54) is 27.4 Å². The van der Waals surface area contributed by atoms with E-state index in [2.05, 4.69) is 95.7 Å². The number of allylic oxidation sites excluding steroid dienone is 5. The minimum atomic E-state index is -0.743. The van der Waals surface area contributed by atoms with Gasteiger partial charge in [0, 0.05) is 46.8 Å². The lowest BCUT2D eigenvalue weighted by Gasteiger charge is -2.27. The number of anilines is 1. The number of aliphatic carboxylic acids is 1. The fourth-order valence-corrected chi connectivity index (χ4v) is 7.12. The number of benzene rings is 2. The summed E-state index contributed by atoms with van der Waals surface area (Å²) >= 11 is 1.74. The van der Waals surface area contributed by atoms with Crippen LogP contribution in [0, 0.1) is 10.1 Å². The number of hydrogen-bond acceptors (Lipinski definition) is 5. The Balaban J connectivity index is 1.44. The van der Waals surface area contributed by atoms with Gasteiger partial charge in [0.2, 0.25) is 0 Å². The fraction of sp³-hybridized carbons (Fsp3) is 0.333. The van der Waals surface area contributed by atoms with Gasteiger partial charge >= 0.3 is 5.97 Å². The largest absolute Gasteiger partial charge is 0.481 e. The highest BCUT2D eigenvalue weighted by Crippen LogP contribution is 2.49. The van der Waals surface area contributed by atoms with Crippen LogP contribution in [0.3, 0.4) is 0 Å². The summed E-state index contributed by atoms with van der Waals surface area (Å²) in [4.78, 5) is 25.7. The number of aryl methyl sites for hydroxylation is 2. The molecule has 0 aliphatic carbocycles. The minimum Gasteiger partial charge on any atom is -0.481 e. The van der Waals surface area contributed by atoms with Crippen molar-refractivity contribution in [2.75, 3.05) is 11.4 Å². The van der Waals surface area contributed by atoms with E-state index in [1.54, 1.807) is 23.5 Å². The topological polar surface area (TPSA) is 92.5 Å². The van der Waals surface area contributed by atoms with Crippen LogP contribution in [0.1, 0.15) is 64.8 Å². The quantitative estimate of drug-likeness (QED) is 0.0529. The Bertz CT molecular complexity index is 1800. The summed E-state index contributed by atoms with van der Waals surface area (Å²) in [5, 5.41) is 22.6. The molecule has 5 rings (SSSR count). The standard InChI is InChI=1S/C36H40N4O4S/c1-5-37-30-21-19-27(40(43)44)25-31(30)38(6-2)34(37)16-10-7-9-15-33-36(3,4)28-24-26(32-14-13-23-45-32)18-20-29(28)39(33)22-12-8-11-17-35(41)42/h7,9-10,13-16,18-21,23-25H,5-6,8,11-12,17,22H2,1-4H3/p+1. The first-order chi connectivity index (χ1) is 21.7. The Morgan fingerprint density at radius 1 is 1.07 bits per heavy atom. The molecule has 8 nitrogen and oxygen atoms in total. The molecule has 3 heterocycles. The van der Waals surface area contributed by atoms with E-state index in [4.69, 9.17) is 5.11 Å². The number of nitro benzene ring substituents is 1. The van der Waals surface area contributed by atoms with Crippen LogP contribution >= 0.6 is 11.3 Å². The second-order valence-electron chi connectivity index (χ2n) is 11.8. The first-order valence-corrected chi connectivity index (χ1v) is 16.5. The van der Waals surface area contributed by atoms with E-state index >= 15 is 0 Å². The lowest BCUT2D eigenvalue weighted by molar-refractivity contribution is -0.670. The van der Waals surface area contributed by atoms with Crippen molar-refractivity contribution < 1.29 is 19.4 Å². The van der Waals surface area contributed by atoms with Crippen LogP contribution in [0.5, 0.6) is 0 Å². The Morgan fingerprint density at radius 2 is 1.89 bits per heavy atom. The first kappa shape index (κ1) is 31.9. The normalized spacial score (nSPS) is 15.2. The molecule has 4 aromatic rings. The molecule has 2 aromatic heterocycles. The molecule has 0 fully saturated rings. The van der Waals surface area contributed by atoms with Gasteiger partial charge in [-0.2, -0.15) is 0 Å². The average Bonchev–Trinajstić information content (AvgIpc) is 3.71. The second-order valence-corrected chi connectivity index (χ2v) is 12.7. The van der Waals surface area contributed by atoms with Crippen molar-refractivity contribution in [3.8, 4) is 10.4 Å². The summed E-state index contributed by atoms with van der Waals surface area (Å²) in [6, 6.07) is 16.0. The number of hydrogen-bond donors (Lipinski definition) is 1. The van der Waals surface area contributed by atoms with E-state index in [9.17, 15) is 14.9 Å². The number of imidazole rings is 1. The number of aromatic nitrogens is 2. The zero-order chi connectivity index (χ0) is 32.1. The third kappa shape index (κ3) is 6.49. The van der Waals surface area contributed by atoms with Crippen molar-refractivity contribution in [2.45, 2.75) is 71.9 Å². The predicted molar refractivity (Wildman–Crippen MR) is 183 cm³/mol. The summed E-state index contributed by atoms with van der Waals surface area (Å²) in [6.07, 6.45) is 13.1. The van der Waals surface area contributed by atoms with E-state index in [0.29, 0.717) is 13.0 Å². The molecule has 1 aliphatic rings. The summed E-state index contributed by atoms with van der Waals surface area (Å²) in [7, 11) is 0. The van der Waals surface area contributed by atoms with Gasteiger partial charge in [0.05, 0.1) is 24.1 Å². The van der Waals surface area contributed by atoms with Crippen LogP contribution in [-0.2, 0) is 23.3 Å². The zero-order valence-electron chi connectivity index (χ0n) is 26.4. The lowest BCUT2D eigenvalue weighted by atomic mass is 9.83. The summed E-state index contributed by atoms with van der Waals surface area (Å²) in [5.41, 5.74) is 6.63. The summed E-state index contributed by atoms with van der Waals surface area (Å²) in [5.74, 6) is 0.248. The van der Waals surface area contributed by atoms with Crippen molar-refractivity contribution in [1.29, 1.82) is 0 Å². The van der Waals surface area contributed by atoms with E-state index < -0.39 is 5.97 Å². The molecular formula is C36H41N4O4S+. The number of unbranched alkanes of at least 4 members (excludes halogenated alkanes) is 2. The number of carboxylic acids is 1. The molecule has 2 aromatic carbocycles. The highest BCUT2D eigenvalue weighted by atomic mass is 32.1. The van der Waals surface area contributed by atoms with Crippen LogP contribution in [0.15, 0.2) is 83.9 Å². The van der Waals surface area contributed by atoms with Gasteiger partial charge in [-0.25, -0.2) is 9.13 Å². The molecule has 9 heteroatoms. The number of carboxylic acid groups (broad SMARTS) is 1. The van der Waals surface area contributed by atoms with Gasteiger partial charge in [-0.1, -0.05) is 50.6 Å². The van der Waals surface area contributed by atoms with Crippen LogP contribution in [0.2, 0.25) is 0 Å². The first-order valence-electron chi connectivity index (χ1n) is 15.6. The molecular weight excluding hydrogens is 584 g/mol.